The van der Waals surface area contributed by atoms with Crippen LogP contribution in [0.5, 0.6) is 0 Å². The van der Waals surface area contributed by atoms with Gasteiger partial charge in [0.15, 0.2) is 0 Å². The predicted octanol–water partition coefficient (Wildman–Crippen LogP) is 3.27. The average Bonchev–Trinajstić information content (AvgIpc) is 2.10. The second-order valence-electron chi connectivity index (χ2n) is 5.00. The fraction of sp³-hybridized carbons (Fsp3) is 1.00. The zero-order chi connectivity index (χ0) is 12.9. The van der Waals surface area contributed by atoms with Crippen molar-refractivity contribution in [3.05, 3.63) is 0 Å². The molecule has 0 fully saturated rings. The van der Waals surface area contributed by atoms with E-state index >= 15 is 0 Å². The van der Waals surface area contributed by atoms with Gasteiger partial charge in [-0.2, -0.15) is 0 Å². The van der Waals surface area contributed by atoms with E-state index in [1.165, 1.54) is 0 Å². The van der Waals surface area contributed by atoms with E-state index in [0.29, 0.717) is 0 Å². The summed E-state index contributed by atoms with van der Waals surface area (Å²) in [6, 6.07) is 0. The number of halogens is 4. The highest BCUT2D eigenvalue weighted by Crippen LogP contribution is 2.21. The summed E-state index contributed by atoms with van der Waals surface area (Å²) in [6.45, 7) is 4.25. The molecule has 4 unspecified atom stereocenters. The van der Waals surface area contributed by atoms with Crippen LogP contribution in [0.4, 0.5) is 17.6 Å². The lowest BCUT2D eigenvalue weighted by Crippen LogP contribution is -2.38. The molecule has 0 rings (SSSR count). The Balaban J connectivity index is 3.92. The van der Waals surface area contributed by atoms with Crippen LogP contribution in [0.2, 0.25) is 0 Å². The standard InChI is InChI=1S/C11H21F4N/c1-7(12)8(13)4-5-9(14)10(15)6-11(2,3)16/h7-10H,4-6,16H2,1-3H3. The van der Waals surface area contributed by atoms with Crippen LogP contribution in [0.1, 0.15) is 40.0 Å². The Morgan fingerprint density at radius 3 is 1.75 bits per heavy atom. The van der Waals surface area contributed by atoms with E-state index < -0.39 is 30.2 Å². The first-order chi connectivity index (χ1) is 7.13. The maximum Gasteiger partial charge on any atom is 0.133 e. The smallest absolute Gasteiger partial charge is 0.133 e. The van der Waals surface area contributed by atoms with Gasteiger partial charge in [-0.25, -0.2) is 17.6 Å². The Morgan fingerprint density at radius 1 is 0.938 bits per heavy atom. The highest BCUT2D eigenvalue weighted by Gasteiger charge is 2.27. The number of rotatable bonds is 7. The van der Waals surface area contributed by atoms with Crippen molar-refractivity contribution < 1.29 is 17.6 Å². The molecule has 0 bridgehead atoms. The molecule has 0 heterocycles. The maximum atomic E-state index is 13.3. The zero-order valence-electron chi connectivity index (χ0n) is 10.0. The van der Waals surface area contributed by atoms with Crippen LogP contribution >= 0.6 is 0 Å². The number of hydrogen-bond donors (Lipinski definition) is 1. The molecule has 0 aliphatic carbocycles. The largest absolute Gasteiger partial charge is 0.325 e. The van der Waals surface area contributed by atoms with E-state index in [0.717, 1.165) is 6.92 Å². The topological polar surface area (TPSA) is 26.0 Å². The summed E-state index contributed by atoms with van der Waals surface area (Å²) >= 11 is 0. The molecule has 1 nitrogen and oxygen atoms in total. The maximum absolute atomic E-state index is 13.3. The molecular weight excluding hydrogens is 222 g/mol. The molecule has 4 atom stereocenters. The van der Waals surface area contributed by atoms with Gasteiger partial charge in [0, 0.05) is 5.54 Å². The third-order valence-corrected chi connectivity index (χ3v) is 2.33. The van der Waals surface area contributed by atoms with E-state index in [1.807, 2.05) is 0 Å². The van der Waals surface area contributed by atoms with Crippen molar-refractivity contribution in [3.63, 3.8) is 0 Å². The fourth-order valence-electron chi connectivity index (χ4n) is 1.36. The van der Waals surface area contributed by atoms with E-state index in [-0.39, 0.29) is 19.3 Å². The molecule has 0 aromatic carbocycles. The van der Waals surface area contributed by atoms with Crippen LogP contribution in [0.15, 0.2) is 0 Å². The van der Waals surface area contributed by atoms with E-state index in [1.54, 1.807) is 13.8 Å². The molecule has 0 amide bonds. The Bertz CT molecular complexity index is 191. The molecule has 0 aromatic rings. The van der Waals surface area contributed by atoms with Crippen molar-refractivity contribution >= 4 is 0 Å². The van der Waals surface area contributed by atoms with Gasteiger partial charge in [0.2, 0.25) is 0 Å². The van der Waals surface area contributed by atoms with E-state index in [4.69, 9.17) is 5.73 Å². The fourth-order valence-corrected chi connectivity index (χ4v) is 1.36. The lowest BCUT2D eigenvalue weighted by Gasteiger charge is -2.23. The van der Waals surface area contributed by atoms with Crippen LogP contribution < -0.4 is 5.73 Å². The zero-order valence-corrected chi connectivity index (χ0v) is 10.0. The van der Waals surface area contributed by atoms with Gasteiger partial charge < -0.3 is 5.73 Å². The molecule has 0 aromatic heterocycles. The summed E-state index contributed by atoms with van der Waals surface area (Å²) < 4.78 is 51.7. The molecule has 0 spiro atoms. The summed E-state index contributed by atoms with van der Waals surface area (Å²) in [6.07, 6.45) is -7.61. The number of nitrogens with two attached hydrogens (primary N) is 1. The summed E-state index contributed by atoms with van der Waals surface area (Å²) in [5, 5.41) is 0. The second kappa shape index (κ2) is 6.42. The van der Waals surface area contributed by atoms with Gasteiger partial charge in [0.25, 0.3) is 0 Å². The Hall–Kier alpha value is -0.320. The molecular formula is C11H21F4N. The summed E-state index contributed by atoms with van der Waals surface area (Å²) in [4.78, 5) is 0. The van der Waals surface area contributed by atoms with Gasteiger partial charge in [-0.3, -0.25) is 0 Å². The van der Waals surface area contributed by atoms with Crippen LogP contribution in [0, 0.1) is 0 Å². The van der Waals surface area contributed by atoms with E-state index in [9.17, 15) is 17.6 Å². The molecule has 0 saturated heterocycles. The van der Waals surface area contributed by atoms with Gasteiger partial charge in [-0.05, 0) is 40.0 Å². The minimum absolute atomic E-state index is 0.129. The van der Waals surface area contributed by atoms with Gasteiger partial charge in [-0.1, -0.05) is 0 Å². The molecule has 0 aliphatic rings. The van der Waals surface area contributed by atoms with Crippen molar-refractivity contribution in [2.75, 3.05) is 0 Å². The van der Waals surface area contributed by atoms with Crippen LogP contribution in [0.25, 0.3) is 0 Å². The Kier molecular flexibility index (Phi) is 6.30. The molecule has 16 heavy (non-hydrogen) atoms. The minimum Gasteiger partial charge on any atom is -0.325 e. The molecule has 0 saturated carbocycles. The van der Waals surface area contributed by atoms with Crippen molar-refractivity contribution in [3.8, 4) is 0 Å². The average molecular weight is 243 g/mol. The molecule has 0 radical (unpaired) electrons. The van der Waals surface area contributed by atoms with Crippen molar-refractivity contribution in [2.24, 2.45) is 5.73 Å². The molecule has 2 N–H and O–H groups in total. The van der Waals surface area contributed by atoms with Crippen LogP contribution in [0.3, 0.4) is 0 Å². The minimum atomic E-state index is -1.78. The molecule has 0 aliphatic heterocycles. The van der Waals surface area contributed by atoms with Crippen molar-refractivity contribution in [2.45, 2.75) is 70.3 Å². The van der Waals surface area contributed by atoms with Gasteiger partial charge in [0.1, 0.15) is 24.7 Å². The van der Waals surface area contributed by atoms with Crippen molar-refractivity contribution in [1.29, 1.82) is 0 Å². The molecule has 98 valence electrons. The van der Waals surface area contributed by atoms with Gasteiger partial charge in [-0.15, -0.1) is 0 Å². The van der Waals surface area contributed by atoms with Gasteiger partial charge >= 0.3 is 0 Å². The second-order valence-corrected chi connectivity index (χ2v) is 5.00. The number of alkyl halides is 4. The van der Waals surface area contributed by atoms with E-state index in [2.05, 4.69) is 0 Å². The first-order valence-electron chi connectivity index (χ1n) is 5.48. The highest BCUT2D eigenvalue weighted by molar-refractivity contribution is 4.81. The van der Waals surface area contributed by atoms with Crippen molar-refractivity contribution in [1.82, 2.24) is 0 Å². The first-order valence-corrected chi connectivity index (χ1v) is 5.48. The number of hydrogen-bond acceptors (Lipinski definition) is 1. The SMILES string of the molecule is CC(F)C(F)CCC(F)C(F)CC(C)(C)N. The van der Waals surface area contributed by atoms with Crippen LogP contribution in [-0.2, 0) is 0 Å². The normalized spacial score (nSPS) is 20.2. The van der Waals surface area contributed by atoms with Gasteiger partial charge in [0.05, 0.1) is 0 Å². The lowest BCUT2D eigenvalue weighted by molar-refractivity contribution is 0.106. The third kappa shape index (κ3) is 7.04. The first kappa shape index (κ1) is 15.7. The predicted molar refractivity (Wildman–Crippen MR) is 57.4 cm³/mol. The summed E-state index contributed by atoms with van der Waals surface area (Å²) in [7, 11) is 0. The summed E-state index contributed by atoms with van der Waals surface area (Å²) in [5.74, 6) is 0. The third-order valence-electron chi connectivity index (χ3n) is 2.33. The quantitative estimate of drug-likeness (QED) is 0.682. The van der Waals surface area contributed by atoms with Crippen LogP contribution in [-0.4, -0.2) is 30.2 Å². The Morgan fingerprint density at radius 2 is 1.38 bits per heavy atom. The lowest BCUT2D eigenvalue weighted by atomic mass is 9.94. The monoisotopic (exact) mass is 243 g/mol. The molecule has 5 heteroatoms. The summed E-state index contributed by atoms with van der Waals surface area (Å²) in [5.41, 5.74) is 4.74. The highest BCUT2D eigenvalue weighted by atomic mass is 19.2. The Labute approximate surface area is 94.4 Å².